The van der Waals surface area contributed by atoms with E-state index in [9.17, 15) is 27.6 Å². The minimum atomic E-state index is -5.05. The summed E-state index contributed by atoms with van der Waals surface area (Å²) in [5.74, 6) is -6.19. The molecular formula is C24H25F3N2O6. The van der Waals surface area contributed by atoms with Crippen molar-refractivity contribution in [2.24, 2.45) is 5.92 Å². The topological polar surface area (TPSA) is 114 Å². The van der Waals surface area contributed by atoms with Crippen LogP contribution in [0.2, 0.25) is 0 Å². The fraction of sp³-hybridized carbons (Fsp3) is 0.375. The Hall–Kier alpha value is -3.60. The van der Waals surface area contributed by atoms with Crippen molar-refractivity contribution >= 4 is 18.0 Å². The second-order valence-corrected chi connectivity index (χ2v) is 8.07. The monoisotopic (exact) mass is 494 g/mol. The molecular weight excluding hydrogens is 469 g/mol. The molecule has 35 heavy (non-hydrogen) atoms. The van der Waals surface area contributed by atoms with Crippen molar-refractivity contribution in [2.45, 2.75) is 31.2 Å². The Kier molecular flexibility index (Phi) is 8.00. The Morgan fingerprint density at radius 3 is 2.06 bits per heavy atom. The number of carbonyl (C=O) groups excluding carboxylic acids is 2. The number of hydrogen-bond donors (Lipinski definition) is 3. The van der Waals surface area contributed by atoms with Gasteiger partial charge in [0.2, 0.25) is 5.91 Å². The normalized spacial score (nSPS) is 15.3. The van der Waals surface area contributed by atoms with Gasteiger partial charge in [-0.15, -0.1) is 0 Å². The van der Waals surface area contributed by atoms with Crippen molar-refractivity contribution in [1.29, 1.82) is 0 Å². The van der Waals surface area contributed by atoms with Gasteiger partial charge in [-0.3, -0.25) is 9.59 Å². The first-order valence-corrected chi connectivity index (χ1v) is 10.8. The zero-order valence-corrected chi connectivity index (χ0v) is 19.0. The predicted molar refractivity (Wildman–Crippen MR) is 119 cm³/mol. The van der Waals surface area contributed by atoms with Gasteiger partial charge < -0.3 is 25.2 Å². The summed E-state index contributed by atoms with van der Waals surface area (Å²) in [5.41, 5.74) is 4.01. The largest absolute Gasteiger partial charge is 0.481 e. The molecule has 188 valence electrons. The lowest BCUT2D eigenvalue weighted by atomic mass is 9.98. The number of amides is 2. The molecule has 1 unspecified atom stereocenters. The number of halogens is 3. The number of hydrogen-bond acceptors (Lipinski definition) is 5. The fourth-order valence-corrected chi connectivity index (χ4v) is 3.95. The maximum atomic E-state index is 12.9. The van der Waals surface area contributed by atoms with Crippen LogP contribution in [0.1, 0.15) is 24.0 Å². The number of carboxylic acids is 1. The summed E-state index contributed by atoms with van der Waals surface area (Å²) in [4.78, 5) is 35.9. The molecule has 0 heterocycles. The maximum Gasteiger partial charge on any atom is 0.407 e. The van der Waals surface area contributed by atoms with Gasteiger partial charge in [0.1, 0.15) is 12.6 Å². The second-order valence-electron chi connectivity index (χ2n) is 8.07. The molecule has 0 saturated heterocycles. The molecule has 0 fully saturated rings. The lowest BCUT2D eigenvalue weighted by molar-refractivity contribution is -0.192. The smallest absolute Gasteiger partial charge is 0.407 e. The Morgan fingerprint density at radius 2 is 1.57 bits per heavy atom. The lowest BCUT2D eigenvalue weighted by Gasteiger charge is -2.24. The van der Waals surface area contributed by atoms with Crippen LogP contribution in [-0.4, -0.2) is 61.7 Å². The molecule has 0 radical (unpaired) electrons. The van der Waals surface area contributed by atoms with Crippen molar-refractivity contribution in [3.63, 3.8) is 0 Å². The van der Waals surface area contributed by atoms with Gasteiger partial charge in [-0.1, -0.05) is 48.5 Å². The first kappa shape index (κ1) is 26.0. The number of carbonyl (C=O) groups is 3. The number of aliphatic carboxylic acids is 1. The molecule has 8 nitrogen and oxygen atoms in total. The molecule has 1 aliphatic rings. The van der Waals surface area contributed by atoms with E-state index < -0.39 is 48.8 Å². The Bertz CT molecular complexity index is 1050. The number of rotatable bonds is 9. The highest BCUT2D eigenvalue weighted by Crippen LogP contribution is 2.44. The number of fused-ring (bicyclic) bond motifs is 3. The number of alkyl carbamates (subject to hydrolysis) is 1. The molecule has 0 aliphatic heterocycles. The number of alkyl halides is 3. The molecule has 3 N–H and O–H groups in total. The Morgan fingerprint density at radius 1 is 1.03 bits per heavy atom. The standard InChI is InChI=1S/C24H25F3N2O6/c1-13(34-2)20(21(30)28-11-19(22(31)32)24(25,26)27)29-23(33)35-12-18-16-9-5-3-7-14(16)15-8-4-6-10-17(15)18/h3-10,13,18-20H,11-12H2,1-2H3,(H,28,30)(H,29,33)(H,31,32)/t13-,19?,20+/m1/s1. The summed E-state index contributed by atoms with van der Waals surface area (Å²) >= 11 is 0. The van der Waals surface area contributed by atoms with E-state index in [2.05, 4.69) is 5.32 Å². The number of nitrogens with one attached hydrogen (secondary N) is 2. The second kappa shape index (κ2) is 10.8. The summed E-state index contributed by atoms with van der Waals surface area (Å²) < 4.78 is 49.0. The zero-order chi connectivity index (χ0) is 25.8. The molecule has 2 aromatic carbocycles. The van der Waals surface area contributed by atoms with E-state index in [-0.39, 0.29) is 12.5 Å². The van der Waals surface area contributed by atoms with E-state index in [1.54, 1.807) is 0 Å². The molecule has 11 heteroatoms. The Balaban J connectivity index is 1.65. The molecule has 3 rings (SSSR count). The van der Waals surface area contributed by atoms with Gasteiger partial charge in [0, 0.05) is 19.6 Å². The minimum Gasteiger partial charge on any atom is -0.481 e. The van der Waals surface area contributed by atoms with Crippen molar-refractivity contribution < 1.29 is 42.1 Å². The van der Waals surface area contributed by atoms with Gasteiger partial charge in [-0.25, -0.2) is 4.79 Å². The summed E-state index contributed by atoms with van der Waals surface area (Å²) in [5, 5.41) is 13.0. The van der Waals surface area contributed by atoms with Crippen molar-refractivity contribution in [3.8, 4) is 11.1 Å². The maximum absolute atomic E-state index is 12.9. The average molecular weight is 494 g/mol. The van der Waals surface area contributed by atoms with Crippen molar-refractivity contribution in [1.82, 2.24) is 10.6 Å². The third-order valence-electron chi connectivity index (χ3n) is 5.91. The summed E-state index contributed by atoms with van der Waals surface area (Å²) in [6, 6.07) is 14.0. The van der Waals surface area contributed by atoms with Gasteiger partial charge in [0.15, 0.2) is 5.92 Å². The van der Waals surface area contributed by atoms with Crippen LogP contribution >= 0.6 is 0 Å². The van der Waals surface area contributed by atoms with Gasteiger partial charge in [-0.05, 0) is 29.2 Å². The van der Waals surface area contributed by atoms with Crippen LogP contribution in [0, 0.1) is 5.92 Å². The van der Waals surface area contributed by atoms with E-state index in [0.29, 0.717) is 0 Å². The van der Waals surface area contributed by atoms with E-state index in [0.717, 1.165) is 22.3 Å². The Labute approximate surface area is 199 Å². The highest BCUT2D eigenvalue weighted by molar-refractivity contribution is 5.87. The number of benzene rings is 2. The average Bonchev–Trinajstić information content (AvgIpc) is 3.13. The van der Waals surface area contributed by atoms with Gasteiger partial charge in [-0.2, -0.15) is 13.2 Å². The third kappa shape index (κ3) is 5.91. The molecule has 2 aromatic rings. The first-order chi connectivity index (χ1) is 16.5. The summed E-state index contributed by atoms with van der Waals surface area (Å²) in [6.45, 7) is 0.189. The molecule has 2 amide bonds. The van der Waals surface area contributed by atoms with Crippen LogP contribution in [-0.2, 0) is 19.1 Å². The van der Waals surface area contributed by atoms with Gasteiger partial charge in [0.05, 0.1) is 6.10 Å². The van der Waals surface area contributed by atoms with E-state index in [4.69, 9.17) is 14.6 Å². The molecule has 3 atom stereocenters. The predicted octanol–water partition coefficient (Wildman–Crippen LogP) is 3.31. The number of methoxy groups -OCH3 is 1. The zero-order valence-electron chi connectivity index (χ0n) is 19.0. The highest BCUT2D eigenvalue weighted by atomic mass is 19.4. The van der Waals surface area contributed by atoms with Crippen LogP contribution < -0.4 is 10.6 Å². The summed E-state index contributed by atoms with van der Waals surface area (Å²) in [6.07, 6.45) is -6.96. The van der Waals surface area contributed by atoms with Crippen molar-refractivity contribution in [3.05, 3.63) is 59.7 Å². The summed E-state index contributed by atoms with van der Waals surface area (Å²) in [7, 11) is 1.25. The van der Waals surface area contributed by atoms with Gasteiger partial charge in [0.25, 0.3) is 0 Å². The first-order valence-electron chi connectivity index (χ1n) is 10.8. The molecule has 0 aromatic heterocycles. The van der Waals surface area contributed by atoms with Crippen LogP contribution in [0.15, 0.2) is 48.5 Å². The fourth-order valence-electron chi connectivity index (χ4n) is 3.95. The molecule has 0 spiro atoms. The van der Waals surface area contributed by atoms with Crippen LogP contribution in [0.3, 0.4) is 0 Å². The number of carboxylic acid groups (broad SMARTS) is 1. The quantitative estimate of drug-likeness (QED) is 0.493. The number of ether oxygens (including phenoxy) is 2. The minimum absolute atomic E-state index is 0.0370. The van der Waals surface area contributed by atoms with Gasteiger partial charge >= 0.3 is 18.2 Å². The van der Waals surface area contributed by atoms with Crippen LogP contribution in [0.25, 0.3) is 11.1 Å². The SMILES string of the molecule is CO[C@H](C)[C@H](NC(=O)OCC1c2ccccc2-c2ccccc21)C(=O)NCC(C(=O)O)C(F)(F)F. The molecule has 1 aliphatic carbocycles. The highest BCUT2D eigenvalue weighted by Gasteiger charge is 2.45. The molecule has 0 bridgehead atoms. The third-order valence-corrected chi connectivity index (χ3v) is 5.91. The van der Waals surface area contributed by atoms with Crippen LogP contribution in [0.4, 0.5) is 18.0 Å². The lowest BCUT2D eigenvalue weighted by Crippen LogP contribution is -2.54. The van der Waals surface area contributed by atoms with E-state index >= 15 is 0 Å². The van der Waals surface area contributed by atoms with E-state index in [1.165, 1.54) is 14.0 Å². The van der Waals surface area contributed by atoms with Crippen LogP contribution in [0.5, 0.6) is 0 Å². The molecule has 0 saturated carbocycles. The van der Waals surface area contributed by atoms with Crippen molar-refractivity contribution in [2.75, 3.05) is 20.3 Å². The van der Waals surface area contributed by atoms with E-state index in [1.807, 2.05) is 53.8 Å².